The first kappa shape index (κ1) is 16.7. The average Bonchev–Trinajstić information content (AvgIpc) is 2.33. The zero-order chi connectivity index (χ0) is 16.6. The summed E-state index contributed by atoms with van der Waals surface area (Å²) in [6.07, 6.45) is -10.7. The summed E-state index contributed by atoms with van der Waals surface area (Å²) in [7, 11) is 0.686. The monoisotopic (exact) mass is 317 g/mol. The third-order valence-corrected chi connectivity index (χ3v) is 2.35. The molecular weight excluding hydrogens is 312 g/mol. The summed E-state index contributed by atoms with van der Waals surface area (Å²) in [4.78, 5) is 20.2. The lowest BCUT2D eigenvalue weighted by Gasteiger charge is -2.15. The van der Waals surface area contributed by atoms with Crippen molar-refractivity contribution in [3.05, 3.63) is 38.9 Å². The van der Waals surface area contributed by atoms with Crippen molar-refractivity contribution in [2.24, 2.45) is 0 Å². The molecule has 0 spiro atoms. The van der Waals surface area contributed by atoms with Crippen LogP contribution in [-0.2, 0) is 17.1 Å². The van der Waals surface area contributed by atoms with E-state index in [2.05, 4.69) is 4.74 Å². The molecule has 0 aliphatic heterocycles. The van der Waals surface area contributed by atoms with Crippen molar-refractivity contribution in [1.29, 1.82) is 0 Å². The maximum absolute atomic E-state index is 12.7. The number of nitro benzene ring substituents is 1. The minimum atomic E-state index is -5.39. The van der Waals surface area contributed by atoms with Gasteiger partial charge in [0.25, 0.3) is 5.69 Å². The summed E-state index contributed by atoms with van der Waals surface area (Å²) >= 11 is 0. The molecule has 0 aliphatic carbocycles. The molecule has 1 rings (SSSR count). The van der Waals surface area contributed by atoms with Gasteiger partial charge in [0.1, 0.15) is 5.56 Å². The highest BCUT2D eigenvalue weighted by Crippen LogP contribution is 2.42. The number of ether oxygens (including phenoxy) is 1. The van der Waals surface area contributed by atoms with Gasteiger partial charge >= 0.3 is 18.3 Å². The van der Waals surface area contributed by atoms with Crippen LogP contribution >= 0.6 is 0 Å². The third kappa shape index (κ3) is 3.41. The van der Waals surface area contributed by atoms with Gasteiger partial charge in [-0.2, -0.15) is 26.3 Å². The number of halogens is 6. The summed E-state index contributed by atoms with van der Waals surface area (Å²) in [6, 6.07) is -0.581. The Morgan fingerprint density at radius 3 is 1.90 bits per heavy atom. The molecule has 0 heterocycles. The van der Waals surface area contributed by atoms with E-state index >= 15 is 0 Å². The van der Waals surface area contributed by atoms with Crippen LogP contribution in [0.1, 0.15) is 21.5 Å². The number of carbonyl (C=O) groups is 1. The number of nitrogens with zero attached hydrogens (tertiary/aromatic N) is 1. The van der Waals surface area contributed by atoms with Gasteiger partial charge in [-0.25, -0.2) is 4.79 Å². The van der Waals surface area contributed by atoms with Gasteiger partial charge in [0, 0.05) is 6.07 Å². The van der Waals surface area contributed by atoms with E-state index in [1.807, 2.05) is 0 Å². The number of hydrogen-bond acceptors (Lipinski definition) is 4. The molecule has 21 heavy (non-hydrogen) atoms. The van der Waals surface area contributed by atoms with Crippen molar-refractivity contribution < 1.29 is 40.8 Å². The first-order valence-electron chi connectivity index (χ1n) is 4.94. The van der Waals surface area contributed by atoms with Gasteiger partial charge in [-0.3, -0.25) is 10.1 Å². The maximum Gasteiger partial charge on any atom is 0.423 e. The van der Waals surface area contributed by atoms with Crippen molar-refractivity contribution in [3.8, 4) is 0 Å². The lowest BCUT2D eigenvalue weighted by Crippen LogP contribution is -2.18. The number of hydrogen-bond donors (Lipinski definition) is 0. The number of methoxy groups -OCH3 is 1. The van der Waals surface area contributed by atoms with Gasteiger partial charge in [-0.15, -0.1) is 0 Å². The zero-order valence-electron chi connectivity index (χ0n) is 10.0. The molecule has 0 amide bonds. The number of alkyl halides is 6. The van der Waals surface area contributed by atoms with Crippen LogP contribution in [0.5, 0.6) is 0 Å². The molecule has 0 aliphatic rings. The highest BCUT2D eigenvalue weighted by Gasteiger charge is 2.44. The average molecular weight is 317 g/mol. The molecule has 0 aromatic heterocycles. The second kappa shape index (κ2) is 5.22. The Morgan fingerprint density at radius 1 is 1.10 bits per heavy atom. The van der Waals surface area contributed by atoms with Crippen LogP contribution in [0.4, 0.5) is 32.0 Å². The molecule has 11 heteroatoms. The molecule has 0 radical (unpaired) electrons. The second-order valence-corrected chi connectivity index (χ2v) is 3.66. The third-order valence-electron chi connectivity index (χ3n) is 2.35. The molecule has 0 fully saturated rings. The number of esters is 1. The van der Waals surface area contributed by atoms with E-state index in [1.165, 1.54) is 0 Å². The first-order chi connectivity index (χ1) is 9.39. The van der Waals surface area contributed by atoms with Gasteiger partial charge in [0.15, 0.2) is 0 Å². The molecule has 0 saturated carbocycles. The van der Waals surface area contributed by atoms with E-state index in [0.717, 1.165) is 0 Å². The Labute approximate surface area is 112 Å². The number of carbonyl (C=O) groups excluding carboxylic acids is 1. The lowest BCUT2D eigenvalue weighted by atomic mass is 10.0. The van der Waals surface area contributed by atoms with Gasteiger partial charge in [-0.1, -0.05) is 0 Å². The summed E-state index contributed by atoms with van der Waals surface area (Å²) in [5.74, 6) is -1.64. The van der Waals surface area contributed by atoms with Crippen LogP contribution in [0, 0.1) is 10.1 Å². The summed E-state index contributed by atoms with van der Waals surface area (Å²) in [6.45, 7) is 0. The largest absolute Gasteiger partial charge is 0.465 e. The summed E-state index contributed by atoms with van der Waals surface area (Å²) in [5, 5.41) is 10.6. The molecule has 0 atom stereocenters. The molecular formula is C10H5F6NO4. The minimum Gasteiger partial charge on any atom is -0.465 e. The molecule has 0 N–H and O–H groups in total. The highest BCUT2D eigenvalue weighted by atomic mass is 19.4. The van der Waals surface area contributed by atoms with E-state index in [9.17, 15) is 41.3 Å². The molecule has 1 aromatic carbocycles. The fraction of sp³-hybridized carbons (Fsp3) is 0.300. The Bertz CT molecular complexity index is 592. The standard InChI is InChI=1S/C10H5F6NO4/c1-21-8(18)4-2-7(17(19)20)6(10(14,15)16)3-5(4)9(11,12)13/h2-3H,1H3. The Hall–Kier alpha value is -2.33. The predicted molar refractivity (Wildman–Crippen MR) is 54.4 cm³/mol. The van der Waals surface area contributed by atoms with Crippen molar-refractivity contribution in [2.45, 2.75) is 12.4 Å². The van der Waals surface area contributed by atoms with Crippen LogP contribution in [0.2, 0.25) is 0 Å². The summed E-state index contributed by atoms with van der Waals surface area (Å²) in [5.41, 5.74) is -7.11. The van der Waals surface area contributed by atoms with E-state index in [1.54, 1.807) is 0 Å². The lowest BCUT2D eigenvalue weighted by molar-refractivity contribution is -0.388. The molecule has 0 saturated heterocycles. The minimum absolute atomic E-state index is 0.0997. The van der Waals surface area contributed by atoms with E-state index in [-0.39, 0.29) is 6.07 Å². The van der Waals surface area contributed by atoms with E-state index in [4.69, 9.17) is 0 Å². The molecule has 0 bridgehead atoms. The van der Waals surface area contributed by atoms with Gasteiger partial charge < -0.3 is 4.74 Å². The van der Waals surface area contributed by atoms with Gasteiger partial charge in [-0.05, 0) is 6.07 Å². The van der Waals surface area contributed by atoms with Crippen molar-refractivity contribution in [3.63, 3.8) is 0 Å². The summed E-state index contributed by atoms with van der Waals surface area (Å²) < 4.78 is 79.9. The van der Waals surface area contributed by atoms with Crippen molar-refractivity contribution >= 4 is 11.7 Å². The Balaban J connectivity index is 3.79. The maximum atomic E-state index is 12.7. The van der Waals surface area contributed by atoms with Crippen LogP contribution < -0.4 is 0 Å². The van der Waals surface area contributed by atoms with E-state index in [0.29, 0.717) is 7.11 Å². The first-order valence-corrected chi connectivity index (χ1v) is 4.94. The zero-order valence-corrected chi connectivity index (χ0v) is 10.0. The fourth-order valence-electron chi connectivity index (χ4n) is 1.48. The van der Waals surface area contributed by atoms with Crippen LogP contribution in [0.25, 0.3) is 0 Å². The second-order valence-electron chi connectivity index (χ2n) is 3.66. The molecule has 0 unspecified atom stereocenters. The normalized spacial score (nSPS) is 12.1. The van der Waals surface area contributed by atoms with Crippen LogP contribution in [0.3, 0.4) is 0 Å². The van der Waals surface area contributed by atoms with E-state index < -0.39 is 51.7 Å². The quantitative estimate of drug-likeness (QED) is 0.363. The Morgan fingerprint density at radius 2 is 1.57 bits per heavy atom. The SMILES string of the molecule is COC(=O)c1cc([N+](=O)[O-])c(C(F)(F)F)cc1C(F)(F)F. The number of benzene rings is 1. The Kier molecular flexibility index (Phi) is 4.16. The van der Waals surface area contributed by atoms with Crippen molar-refractivity contribution in [1.82, 2.24) is 0 Å². The van der Waals surface area contributed by atoms with Crippen molar-refractivity contribution in [2.75, 3.05) is 7.11 Å². The highest BCUT2D eigenvalue weighted by molar-refractivity contribution is 5.92. The number of rotatable bonds is 2. The fourth-order valence-corrected chi connectivity index (χ4v) is 1.48. The predicted octanol–water partition coefficient (Wildman–Crippen LogP) is 3.42. The molecule has 116 valence electrons. The van der Waals surface area contributed by atoms with Gasteiger partial charge in [0.05, 0.1) is 23.2 Å². The van der Waals surface area contributed by atoms with Gasteiger partial charge in [0.2, 0.25) is 0 Å². The smallest absolute Gasteiger partial charge is 0.423 e. The van der Waals surface area contributed by atoms with Crippen LogP contribution in [0.15, 0.2) is 12.1 Å². The number of nitro groups is 1. The molecule has 5 nitrogen and oxygen atoms in total. The molecule has 1 aromatic rings. The van der Waals surface area contributed by atoms with Crippen LogP contribution in [-0.4, -0.2) is 18.0 Å². The topological polar surface area (TPSA) is 69.4 Å².